The summed E-state index contributed by atoms with van der Waals surface area (Å²) in [6, 6.07) is 7.51. The molecule has 0 aliphatic rings. The number of halogens is 1. The molecule has 0 saturated carbocycles. The van der Waals surface area contributed by atoms with Crippen LogP contribution in [0.4, 0.5) is 0 Å². The SMILES string of the molecule is CCOc1cccc(C(O)c2c(Cl)cnn2C(C)C)c1. The molecule has 0 radical (unpaired) electrons. The lowest BCUT2D eigenvalue weighted by Crippen LogP contribution is -2.12. The molecule has 0 aliphatic carbocycles. The van der Waals surface area contributed by atoms with E-state index >= 15 is 0 Å². The Bertz CT molecular complexity index is 581. The van der Waals surface area contributed by atoms with Gasteiger partial charge in [-0.05, 0) is 38.5 Å². The molecule has 0 saturated heterocycles. The molecule has 108 valence electrons. The van der Waals surface area contributed by atoms with Gasteiger partial charge in [-0.3, -0.25) is 4.68 Å². The van der Waals surface area contributed by atoms with Gasteiger partial charge in [-0.2, -0.15) is 5.10 Å². The van der Waals surface area contributed by atoms with Crippen molar-refractivity contribution in [3.8, 4) is 5.75 Å². The summed E-state index contributed by atoms with van der Waals surface area (Å²) in [5.74, 6) is 0.732. The maximum atomic E-state index is 10.6. The van der Waals surface area contributed by atoms with Crippen LogP contribution >= 0.6 is 11.6 Å². The molecule has 2 aromatic rings. The van der Waals surface area contributed by atoms with Crippen LogP contribution in [0.15, 0.2) is 30.5 Å². The van der Waals surface area contributed by atoms with Gasteiger partial charge in [0.1, 0.15) is 11.9 Å². The zero-order chi connectivity index (χ0) is 14.7. The van der Waals surface area contributed by atoms with Crippen LogP contribution < -0.4 is 4.74 Å². The highest BCUT2D eigenvalue weighted by molar-refractivity contribution is 6.31. The molecule has 0 aliphatic heterocycles. The summed E-state index contributed by atoms with van der Waals surface area (Å²) in [7, 11) is 0. The fraction of sp³-hybridized carbons (Fsp3) is 0.400. The van der Waals surface area contributed by atoms with E-state index in [4.69, 9.17) is 16.3 Å². The number of hydrogen-bond donors (Lipinski definition) is 1. The van der Waals surface area contributed by atoms with Gasteiger partial charge in [0.05, 0.1) is 23.5 Å². The van der Waals surface area contributed by atoms with E-state index < -0.39 is 6.10 Å². The molecule has 0 fully saturated rings. The number of benzene rings is 1. The molecule has 1 aromatic heterocycles. The van der Waals surface area contributed by atoms with Gasteiger partial charge < -0.3 is 9.84 Å². The van der Waals surface area contributed by atoms with Crippen molar-refractivity contribution in [1.29, 1.82) is 0 Å². The van der Waals surface area contributed by atoms with Gasteiger partial charge in [0.2, 0.25) is 0 Å². The van der Waals surface area contributed by atoms with Crippen LogP contribution in [-0.4, -0.2) is 21.5 Å². The third-order valence-electron chi connectivity index (χ3n) is 3.02. The van der Waals surface area contributed by atoms with Crippen LogP contribution in [0.3, 0.4) is 0 Å². The number of aromatic nitrogens is 2. The van der Waals surface area contributed by atoms with Crippen molar-refractivity contribution in [2.24, 2.45) is 0 Å². The third-order valence-corrected chi connectivity index (χ3v) is 3.31. The maximum absolute atomic E-state index is 10.6. The van der Waals surface area contributed by atoms with Crippen LogP contribution in [-0.2, 0) is 0 Å². The second-order valence-corrected chi connectivity index (χ2v) is 5.23. The van der Waals surface area contributed by atoms with E-state index in [1.807, 2.05) is 45.0 Å². The summed E-state index contributed by atoms with van der Waals surface area (Å²) in [5.41, 5.74) is 1.34. The number of hydrogen-bond acceptors (Lipinski definition) is 3. The number of aliphatic hydroxyl groups excluding tert-OH is 1. The molecule has 1 unspecified atom stereocenters. The normalized spacial score (nSPS) is 12.7. The standard InChI is InChI=1S/C15H19ClN2O2/c1-4-20-12-7-5-6-11(8-12)15(19)14-13(16)9-17-18(14)10(2)3/h5-10,15,19H,4H2,1-3H3. The second kappa shape index (κ2) is 6.29. The van der Waals surface area contributed by atoms with E-state index in [-0.39, 0.29) is 6.04 Å². The van der Waals surface area contributed by atoms with Gasteiger partial charge in [0.25, 0.3) is 0 Å². The zero-order valence-electron chi connectivity index (χ0n) is 11.9. The molecule has 20 heavy (non-hydrogen) atoms. The highest BCUT2D eigenvalue weighted by Crippen LogP contribution is 2.31. The Morgan fingerprint density at radius 1 is 1.40 bits per heavy atom. The molecule has 1 aromatic carbocycles. The molecule has 0 amide bonds. The van der Waals surface area contributed by atoms with Gasteiger partial charge in [-0.15, -0.1) is 0 Å². The smallest absolute Gasteiger partial charge is 0.122 e. The van der Waals surface area contributed by atoms with Crippen molar-refractivity contribution in [3.63, 3.8) is 0 Å². The van der Waals surface area contributed by atoms with Gasteiger partial charge in [-0.25, -0.2) is 0 Å². The predicted molar refractivity (Wildman–Crippen MR) is 79.3 cm³/mol. The second-order valence-electron chi connectivity index (χ2n) is 4.82. The van der Waals surface area contributed by atoms with Crippen molar-refractivity contribution >= 4 is 11.6 Å². The van der Waals surface area contributed by atoms with E-state index in [2.05, 4.69) is 5.10 Å². The first-order valence-electron chi connectivity index (χ1n) is 6.68. The Labute approximate surface area is 123 Å². The van der Waals surface area contributed by atoms with Crippen molar-refractivity contribution in [2.45, 2.75) is 32.9 Å². The minimum Gasteiger partial charge on any atom is -0.494 e. The summed E-state index contributed by atoms with van der Waals surface area (Å²) in [6.07, 6.45) is 0.736. The summed E-state index contributed by atoms with van der Waals surface area (Å²) >= 11 is 6.16. The van der Waals surface area contributed by atoms with Crippen molar-refractivity contribution in [1.82, 2.24) is 9.78 Å². The van der Waals surface area contributed by atoms with E-state index in [0.717, 1.165) is 11.3 Å². The highest BCUT2D eigenvalue weighted by Gasteiger charge is 2.21. The largest absolute Gasteiger partial charge is 0.494 e. The fourth-order valence-corrected chi connectivity index (χ4v) is 2.35. The molecule has 0 spiro atoms. The molecule has 4 nitrogen and oxygen atoms in total. The van der Waals surface area contributed by atoms with E-state index in [1.54, 1.807) is 10.9 Å². The molecule has 1 N–H and O–H groups in total. The zero-order valence-corrected chi connectivity index (χ0v) is 12.6. The minimum absolute atomic E-state index is 0.127. The Morgan fingerprint density at radius 2 is 2.15 bits per heavy atom. The Hall–Kier alpha value is -1.52. The van der Waals surface area contributed by atoms with Gasteiger partial charge in [0, 0.05) is 6.04 Å². The summed E-state index contributed by atoms with van der Waals surface area (Å²) < 4.78 is 7.19. The third kappa shape index (κ3) is 2.97. The van der Waals surface area contributed by atoms with Gasteiger partial charge in [-0.1, -0.05) is 23.7 Å². The highest BCUT2D eigenvalue weighted by atomic mass is 35.5. The first kappa shape index (κ1) is 14.9. The number of aliphatic hydroxyl groups is 1. The van der Waals surface area contributed by atoms with E-state index in [9.17, 15) is 5.11 Å². The van der Waals surface area contributed by atoms with Crippen LogP contribution in [0.5, 0.6) is 5.75 Å². The van der Waals surface area contributed by atoms with Crippen LogP contribution in [0.2, 0.25) is 5.02 Å². The number of rotatable bonds is 5. The van der Waals surface area contributed by atoms with Gasteiger partial charge in [0.15, 0.2) is 0 Å². The molecule has 5 heteroatoms. The molecular weight excluding hydrogens is 276 g/mol. The van der Waals surface area contributed by atoms with Crippen LogP contribution in [0, 0.1) is 0 Å². The average molecular weight is 295 g/mol. The van der Waals surface area contributed by atoms with Crippen molar-refractivity contribution < 1.29 is 9.84 Å². The first-order chi connectivity index (χ1) is 9.54. The monoisotopic (exact) mass is 294 g/mol. The molecule has 1 heterocycles. The van der Waals surface area contributed by atoms with Crippen molar-refractivity contribution in [3.05, 3.63) is 46.7 Å². The molecule has 0 bridgehead atoms. The predicted octanol–water partition coefficient (Wildman–Crippen LogP) is 3.60. The maximum Gasteiger partial charge on any atom is 0.122 e. The topological polar surface area (TPSA) is 47.3 Å². The molecule has 2 rings (SSSR count). The number of nitrogens with zero attached hydrogens (tertiary/aromatic N) is 2. The summed E-state index contributed by atoms with van der Waals surface area (Å²) in [4.78, 5) is 0. The summed E-state index contributed by atoms with van der Waals surface area (Å²) in [5, 5.41) is 15.3. The average Bonchev–Trinajstić information content (AvgIpc) is 2.81. The quantitative estimate of drug-likeness (QED) is 0.916. The van der Waals surface area contributed by atoms with E-state index in [0.29, 0.717) is 17.3 Å². The van der Waals surface area contributed by atoms with Crippen LogP contribution in [0.25, 0.3) is 0 Å². The Balaban J connectivity index is 2.38. The van der Waals surface area contributed by atoms with E-state index in [1.165, 1.54) is 0 Å². The van der Waals surface area contributed by atoms with Gasteiger partial charge >= 0.3 is 0 Å². The lowest BCUT2D eigenvalue weighted by molar-refractivity contribution is 0.204. The minimum atomic E-state index is -0.826. The first-order valence-corrected chi connectivity index (χ1v) is 7.06. The Kier molecular flexibility index (Phi) is 4.68. The fourth-order valence-electron chi connectivity index (χ4n) is 2.12. The van der Waals surface area contributed by atoms with Crippen LogP contribution in [0.1, 0.15) is 44.2 Å². The van der Waals surface area contributed by atoms with Crippen molar-refractivity contribution in [2.75, 3.05) is 6.61 Å². The Morgan fingerprint density at radius 3 is 2.80 bits per heavy atom. The lowest BCUT2D eigenvalue weighted by atomic mass is 10.1. The number of ether oxygens (including phenoxy) is 1. The lowest BCUT2D eigenvalue weighted by Gasteiger charge is -2.17. The molecule has 1 atom stereocenters. The summed E-state index contributed by atoms with van der Waals surface area (Å²) in [6.45, 7) is 6.50. The molecular formula is C15H19ClN2O2.